The summed E-state index contributed by atoms with van der Waals surface area (Å²) in [4.78, 5) is 11.5. The Morgan fingerprint density at radius 1 is 1.19 bits per heavy atom. The maximum Gasteiger partial charge on any atom is 0.134 e. The second-order valence-electron chi connectivity index (χ2n) is 5.26. The van der Waals surface area contributed by atoms with Gasteiger partial charge in [0.15, 0.2) is 0 Å². The highest BCUT2D eigenvalue weighted by Gasteiger charge is 2.33. The number of aromatic nitrogens is 2. The fourth-order valence-corrected chi connectivity index (χ4v) is 2.64. The van der Waals surface area contributed by atoms with Crippen molar-refractivity contribution in [1.82, 2.24) is 9.97 Å². The molecule has 0 bridgehead atoms. The van der Waals surface area contributed by atoms with Gasteiger partial charge in [0, 0.05) is 46.3 Å². The minimum atomic E-state index is 0.0853. The molecule has 118 valence electrons. The lowest BCUT2D eigenvalue weighted by atomic mass is 10.3. The van der Waals surface area contributed by atoms with Gasteiger partial charge in [-0.05, 0) is 13.3 Å². The van der Waals surface area contributed by atoms with Crippen molar-refractivity contribution in [3.05, 3.63) is 11.9 Å². The van der Waals surface area contributed by atoms with Crippen molar-refractivity contribution < 1.29 is 9.47 Å². The third-order valence-corrected chi connectivity index (χ3v) is 3.74. The summed E-state index contributed by atoms with van der Waals surface area (Å²) in [6.07, 6.45) is 2.10. The Morgan fingerprint density at radius 3 is 2.38 bits per heavy atom. The van der Waals surface area contributed by atoms with Gasteiger partial charge in [-0.1, -0.05) is 6.92 Å². The van der Waals surface area contributed by atoms with Crippen LogP contribution in [0, 0.1) is 0 Å². The Morgan fingerprint density at radius 2 is 1.86 bits per heavy atom. The summed E-state index contributed by atoms with van der Waals surface area (Å²) in [5, 5.41) is 3.28. The van der Waals surface area contributed by atoms with Crippen LogP contribution < -0.4 is 10.2 Å². The maximum absolute atomic E-state index is 5.50. The van der Waals surface area contributed by atoms with Gasteiger partial charge in [0.1, 0.15) is 29.7 Å². The van der Waals surface area contributed by atoms with Crippen LogP contribution in [0.4, 0.5) is 11.6 Å². The minimum Gasteiger partial charge on any atom is -0.377 e. The molecule has 2 heterocycles. The van der Waals surface area contributed by atoms with Gasteiger partial charge in [0.2, 0.25) is 0 Å². The number of ether oxygens (including phenoxy) is 2. The number of hydrogen-bond acceptors (Lipinski definition) is 6. The van der Waals surface area contributed by atoms with E-state index in [1.807, 2.05) is 6.07 Å². The van der Waals surface area contributed by atoms with E-state index in [1.165, 1.54) is 0 Å². The highest BCUT2D eigenvalue weighted by molar-refractivity contribution is 5.50. The molecule has 0 radical (unpaired) electrons. The average Bonchev–Trinajstić information content (AvgIpc) is 2.91. The number of nitrogens with one attached hydrogen (secondary N) is 1. The Balaban J connectivity index is 2.21. The van der Waals surface area contributed by atoms with Gasteiger partial charge in [-0.25, -0.2) is 9.97 Å². The molecule has 0 spiro atoms. The third kappa shape index (κ3) is 3.83. The molecule has 6 heteroatoms. The SMILES string of the molecule is CCCc1nc(NCC)cc(N2CC(OC)C(OC)C2)n1. The van der Waals surface area contributed by atoms with E-state index in [0.29, 0.717) is 0 Å². The summed E-state index contributed by atoms with van der Waals surface area (Å²) >= 11 is 0. The van der Waals surface area contributed by atoms with Crippen LogP contribution in [-0.2, 0) is 15.9 Å². The van der Waals surface area contributed by atoms with Crippen LogP contribution in [0.3, 0.4) is 0 Å². The van der Waals surface area contributed by atoms with Gasteiger partial charge in [-0.2, -0.15) is 0 Å². The zero-order valence-electron chi connectivity index (χ0n) is 13.4. The van der Waals surface area contributed by atoms with E-state index in [2.05, 4.69) is 34.0 Å². The number of rotatable bonds is 7. The number of nitrogens with zero attached hydrogens (tertiary/aromatic N) is 3. The first-order valence-electron chi connectivity index (χ1n) is 7.64. The van der Waals surface area contributed by atoms with Gasteiger partial charge in [0.05, 0.1) is 0 Å². The zero-order valence-corrected chi connectivity index (χ0v) is 13.4. The number of aryl methyl sites for hydroxylation is 1. The molecule has 2 rings (SSSR count). The predicted octanol–water partition coefficient (Wildman–Crippen LogP) is 1.71. The fourth-order valence-electron chi connectivity index (χ4n) is 2.64. The molecule has 0 aromatic carbocycles. The molecule has 0 aliphatic carbocycles. The Kier molecular flexibility index (Phi) is 5.76. The van der Waals surface area contributed by atoms with Crippen LogP contribution in [-0.4, -0.2) is 56.0 Å². The van der Waals surface area contributed by atoms with Crippen molar-refractivity contribution in [1.29, 1.82) is 0 Å². The molecule has 1 aromatic heterocycles. The first-order chi connectivity index (χ1) is 10.2. The molecule has 0 amide bonds. The summed E-state index contributed by atoms with van der Waals surface area (Å²) in [5.74, 6) is 2.73. The Bertz CT molecular complexity index is 419. The molecular formula is C15H26N4O2. The Hall–Kier alpha value is -1.40. The second kappa shape index (κ2) is 7.56. The van der Waals surface area contributed by atoms with Gasteiger partial charge in [-0.3, -0.25) is 0 Å². The zero-order chi connectivity index (χ0) is 15.2. The van der Waals surface area contributed by atoms with Crippen molar-refractivity contribution >= 4 is 11.6 Å². The van der Waals surface area contributed by atoms with E-state index in [9.17, 15) is 0 Å². The molecule has 21 heavy (non-hydrogen) atoms. The first-order valence-corrected chi connectivity index (χ1v) is 7.64. The minimum absolute atomic E-state index is 0.0853. The maximum atomic E-state index is 5.50. The molecular weight excluding hydrogens is 268 g/mol. The molecule has 1 saturated heterocycles. The highest BCUT2D eigenvalue weighted by atomic mass is 16.5. The van der Waals surface area contributed by atoms with Crippen molar-refractivity contribution in [2.45, 2.75) is 38.9 Å². The van der Waals surface area contributed by atoms with Crippen LogP contribution in [0.25, 0.3) is 0 Å². The van der Waals surface area contributed by atoms with Gasteiger partial charge >= 0.3 is 0 Å². The summed E-state index contributed by atoms with van der Waals surface area (Å²) in [7, 11) is 3.46. The normalized spacial score (nSPS) is 21.8. The summed E-state index contributed by atoms with van der Waals surface area (Å²) in [5.41, 5.74) is 0. The van der Waals surface area contributed by atoms with Gasteiger partial charge in [0.25, 0.3) is 0 Å². The topological polar surface area (TPSA) is 59.5 Å². The van der Waals surface area contributed by atoms with E-state index in [4.69, 9.17) is 9.47 Å². The van der Waals surface area contributed by atoms with Crippen molar-refractivity contribution in [3.63, 3.8) is 0 Å². The number of methoxy groups -OCH3 is 2. The predicted molar refractivity (Wildman–Crippen MR) is 84.0 cm³/mol. The molecule has 0 saturated carbocycles. The molecule has 1 aliphatic rings. The summed E-state index contributed by atoms with van der Waals surface area (Å²) in [6.45, 7) is 6.65. The lowest BCUT2D eigenvalue weighted by Gasteiger charge is -2.18. The largest absolute Gasteiger partial charge is 0.377 e. The monoisotopic (exact) mass is 294 g/mol. The fraction of sp³-hybridized carbons (Fsp3) is 0.733. The smallest absolute Gasteiger partial charge is 0.134 e. The lowest BCUT2D eigenvalue weighted by molar-refractivity contribution is -0.00461. The highest BCUT2D eigenvalue weighted by Crippen LogP contribution is 2.24. The van der Waals surface area contributed by atoms with Crippen LogP contribution in [0.15, 0.2) is 6.07 Å². The summed E-state index contributed by atoms with van der Waals surface area (Å²) in [6, 6.07) is 2.01. The van der Waals surface area contributed by atoms with Crippen molar-refractivity contribution in [3.8, 4) is 0 Å². The standard InChI is InChI=1S/C15H26N4O2/c1-5-7-13-17-14(16-6-2)8-15(18-13)19-9-11(20-3)12(10-19)21-4/h8,11-12H,5-7,9-10H2,1-4H3,(H,16,17,18). The van der Waals surface area contributed by atoms with Crippen LogP contribution in [0.5, 0.6) is 0 Å². The molecule has 1 aromatic rings. The van der Waals surface area contributed by atoms with E-state index in [-0.39, 0.29) is 12.2 Å². The number of anilines is 2. The van der Waals surface area contributed by atoms with Gasteiger partial charge < -0.3 is 19.7 Å². The molecule has 1 N–H and O–H groups in total. The molecule has 1 fully saturated rings. The van der Waals surface area contributed by atoms with E-state index < -0.39 is 0 Å². The van der Waals surface area contributed by atoms with Crippen molar-refractivity contribution in [2.75, 3.05) is 44.1 Å². The molecule has 1 aliphatic heterocycles. The third-order valence-electron chi connectivity index (χ3n) is 3.74. The molecule has 2 atom stereocenters. The summed E-state index contributed by atoms with van der Waals surface area (Å²) < 4.78 is 11.0. The van der Waals surface area contributed by atoms with Crippen LogP contribution in [0.2, 0.25) is 0 Å². The first kappa shape index (κ1) is 16.0. The quantitative estimate of drug-likeness (QED) is 0.826. The Labute approximate surface area is 126 Å². The van der Waals surface area contributed by atoms with E-state index >= 15 is 0 Å². The molecule has 2 unspecified atom stereocenters. The van der Waals surface area contributed by atoms with Crippen LogP contribution in [0.1, 0.15) is 26.1 Å². The van der Waals surface area contributed by atoms with Crippen LogP contribution >= 0.6 is 0 Å². The van der Waals surface area contributed by atoms with Gasteiger partial charge in [-0.15, -0.1) is 0 Å². The second-order valence-corrected chi connectivity index (χ2v) is 5.26. The molecule has 6 nitrogen and oxygen atoms in total. The lowest BCUT2D eigenvalue weighted by Crippen LogP contribution is -2.27. The van der Waals surface area contributed by atoms with Crippen molar-refractivity contribution in [2.24, 2.45) is 0 Å². The average molecular weight is 294 g/mol. The van der Waals surface area contributed by atoms with E-state index in [1.54, 1.807) is 14.2 Å². The number of hydrogen-bond donors (Lipinski definition) is 1. The van der Waals surface area contributed by atoms with E-state index in [0.717, 1.165) is 49.9 Å².